The minimum atomic E-state index is -0.592. The summed E-state index contributed by atoms with van der Waals surface area (Å²) in [6, 6.07) is 12.1. The number of nitrogens with one attached hydrogen (secondary N) is 3. The molecule has 0 saturated heterocycles. The fourth-order valence-electron chi connectivity index (χ4n) is 2.68. The van der Waals surface area contributed by atoms with E-state index in [1.807, 2.05) is 18.2 Å². The zero-order valence-corrected chi connectivity index (χ0v) is 17.4. The Labute approximate surface area is 184 Å². The van der Waals surface area contributed by atoms with E-state index < -0.39 is 11.8 Å². The first-order valence-electron chi connectivity index (χ1n) is 9.72. The van der Waals surface area contributed by atoms with Crippen LogP contribution in [0, 0.1) is 0 Å². The molecule has 10 heteroatoms. The van der Waals surface area contributed by atoms with Crippen LogP contribution in [0.4, 0.5) is 0 Å². The first-order valence-corrected chi connectivity index (χ1v) is 9.72. The van der Waals surface area contributed by atoms with Crippen molar-refractivity contribution in [2.75, 3.05) is 13.7 Å². The minimum Gasteiger partial charge on any atom is -0.497 e. The topological polar surface area (TPSA) is 135 Å². The Morgan fingerprint density at radius 3 is 2.31 bits per heavy atom. The zero-order valence-electron chi connectivity index (χ0n) is 17.4. The van der Waals surface area contributed by atoms with Gasteiger partial charge in [-0.05, 0) is 29.3 Å². The zero-order chi connectivity index (χ0) is 22.8. The number of hydrogen-bond acceptors (Lipinski definition) is 7. The maximum Gasteiger partial charge on any atom is 0.270 e. The van der Waals surface area contributed by atoms with Crippen LogP contribution < -0.4 is 20.7 Å². The van der Waals surface area contributed by atoms with Crippen LogP contribution in [0.1, 0.15) is 32.1 Å². The van der Waals surface area contributed by atoms with Crippen LogP contribution in [-0.4, -0.2) is 46.3 Å². The molecule has 2 heterocycles. The lowest BCUT2D eigenvalue weighted by Crippen LogP contribution is -2.37. The molecule has 3 amide bonds. The number of amides is 3. The van der Waals surface area contributed by atoms with Crippen molar-refractivity contribution in [1.29, 1.82) is 0 Å². The van der Waals surface area contributed by atoms with Gasteiger partial charge in [-0.1, -0.05) is 18.2 Å². The summed E-state index contributed by atoms with van der Waals surface area (Å²) in [7, 11) is 1.57. The maximum atomic E-state index is 12.4. The number of pyridine rings is 1. The largest absolute Gasteiger partial charge is 0.497 e. The highest BCUT2D eigenvalue weighted by Gasteiger charge is 2.14. The van der Waals surface area contributed by atoms with Crippen LogP contribution in [0.15, 0.2) is 61.2 Å². The lowest BCUT2D eigenvalue weighted by atomic mass is 10.2. The van der Waals surface area contributed by atoms with E-state index in [0.29, 0.717) is 12.3 Å². The molecule has 0 aliphatic rings. The first-order chi connectivity index (χ1) is 15.5. The molecule has 3 aromatic rings. The summed E-state index contributed by atoms with van der Waals surface area (Å²) < 4.78 is 5.16. The van der Waals surface area contributed by atoms with E-state index in [2.05, 4.69) is 30.9 Å². The van der Waals surface area contributed by atoms with E-state index >= 15 is 0 Å². The van der Waals surface area contributed by atoms with E-state index in [1.165, 1.54) is 6.07 Å². The molecule has 0 aliphatic heterocycles. The Morgan fingerprint density at radius 1 is 0.875 bits per heavy atom. The standard InChI is InChI=1S/C22H22N6O4/c1-32-17-6-2-4-15(8-17)11-25-21(30)18-9-19(28-14-27-18)22(31)26-13-20(29)24-12-16-5-3-7-23-10-16/h2-10,14H,11-13H2,1H3,(H,24,29)(H,25,30)(H,26,31). The third-order valence-electron chi connectivity index (χ3n) is 4.34. The minimum absolute atomic E-state index is 0.0217. The van der Waals surface area contributed by atoms with Crippen LogP contribution in [0.5, 0.6) is 5.75 Å². The Kier molecular flexibility index (Phi) is 7.79. The number of methoxy groups -OCH3 is 1. The van der Waals surface area contributed by atoms with Gasteiger partial charge in [0.05, 0.1) is 13.7 Å². The average molecular weight is 434 g/mol. The van der Waals surface area contributed by atoms with E-state index in [9.17, 15) is 14.4 Å². The number of rotatable bonds is 9. The SMILES string of the molecule is COc1cccc(CNC(=O)c2cc(C(=O)NCC(=O)NCc3cccnc3)ncn2)c1. The van der Waals surface area contributed by atoms with Gasteiger partial charge in [0.1, 0.15) is 23.5 Å². The van der Waals surface area contributed by atoms with Crippen LogP contribution in [0.25, 0.3) is 0 Å². The average Bonchev–Trinajstić information content (AvgIpc) is 2.85. The number of benzene rings is 1. The number of nitrogens with zero attached hydrogens (tertiary/aromatic N) is 3. The van der Waals surface area contributed by atoms with E-state index in [-0.39, 0.29) is 30.4 Å². The van der Waals surface area contributed by atoms with Gasteiger partial charge in [0.25, 0.3) is 11.8 Å². The molecule has 0 fully saturated rings. The second kappa shape index (κ2) is 11.2. The van der Waals surface area contributed by atoms with E-state index in [1.54, 1.807) is 37.7 Å². The van der Waals surface area contributed by atoms with Crippen LogP contribution in [0.2, 0.25) is 0 Å². The van der Waals surface area contributed by atoms with Gasteiger partial charge in [-0.15, -0.1) is 0 Å². The Hall–Kier alpha value is -4.34. The summed E-state index contributed by atoms with van der Waals surface area (Å²) >= 11 is 0. The number of ether oxygens (including phenoxy) is 1. The summed E-state index contributed by atoms with van der Waals surface area (Å²) in [4.78, 5) is 48.4. The predicted molar refractivity (Wildman–Crippen MR) is 115 cm³/mol. The quantitative estimate of drug-likeness (QED) is 0.454. The Morgan fingerprint density at radius 2 is 1.59 bits per heavy atom. The Balaban J connectivity index is 1.49. The molecular weight excluding hydrogens is 412 g/mol. The molecule has 2 aromatic heterocycles. The van der Waals surface area contributed by atoms with E-state index in [4.69, 9.17) is 4.74 Å². The molecule has 0 bridgehead atoms. The lowest BCUT2D eigenvalue weighted by molar-refractivity contribution is -0.120. The van der Waals surface area contributed by atoms with Crippen molar-refractivity contribution in [3.8, 4) is 5.75 Å². The van der Waals surface area contributed by atoms with Crippen molar-refractivity contribution in [3.05, 3.63) is 83.7 Å². The summed E-state index contributed by atoms with van der Waals surface area (Å²) in [6.07, 6.45) is 4.40. The fraction of sp³-hybridized carbons (Fsp3) is 0.182. The van der Waals surface area contributed by atoms with Crippen molar-refractivity contribution >= 4 is 17.7 Å². The second-order valence-corrected chi connectivity index (χ2v) is 6.64. The summed E-state index contributed by atoms with van der Waals surface area (Å²) in [5, 5.41) is 7.88. The molecule has 1 aromatic carbocycles. The number of hydrogen-bond donors (Lipinski definition) is 3. The molecule has 32 heavy (non-hydrogen) atoms. The molecule has 0 unspecified atom stereocenters. The highest BCUT2D eigenvalue weighted by Crippen LogP contribution is 2.12. The first kappa shape index (κ1) is 22.3. The molecule has 0 atom stereocenters. The number of aromatic nitrogens is 3. The van der Waals surface area contributed by atoms with Crippen molar-refractivity contribution in [1.82, 2.24) is 30.9 Å². The maximum absolute atomic E-state index is 12.4. The van der Waals surface area contributed by atoms with E-state index in [0.717, 1.165) is 17.5 Å². The number of carbonyl (C=O) groups is 3. The molecule has 0 aliphatic carbocycles. The second-order valence-electron chi connectivity index (χ2n) is 6.64. The number of carbonyl (C=O) groups excluding carboxylic acids is 3. The Bertz CT molecular complexity index is 1090. The molecular formula is C22H22N6O4. The van der Waals surface area contributed by atoms with Crippen molar-refractivity contribution in [2.45, 2.75) is 13.1 Å². The van der Waals surface area contributed by atoms with Crippen LogP contribution >= 0.6 is 0 Å². The monoisotopic (exact) mass is 434 g/mol. The van der Waals surface area contributed by atoms with Gasteiger partial charge in [-0.3, -0.25) is 19.4 Å². The normalized spacial score (nSPS) is 10.2. The van der Waals surface area contributed by atoms with Gasteiger partial charge in [0.2, 0.25) is 5.91 Å². The summed E-state index contributed by atoms with van der Waals surface area (Å²) in [6.45, 7) is 0.326. The third-order valence-corrected chi connectivity index (χ3v) is 4.34. The highest BCUT2D eigenvalue weighted by atomic mass is 16.5. The van der Waals surface area contributed by atoms with Gasteiger partial charge in [-0.2, -0.15) is 0 Å². The van der Waals surface area contributed by atoms with Crippen molar-refractivity contribution < 1.29 is 19.1 Å². The van der Waals surface area contributed by atoms with Crippen molar-refractivity contribution in [2.24, 2.45) is 0 Å². The smallest absolute Gasteiger partial charge is 0.270 e. The molecule has 3 N–H and O–H groups in total. The van der Waals surface area contributed by atoms with Crippen molar-refractivity contribution in [3.63, 3.8) is 0 Å². The summed E-state index contributed by atoms with van der Waals surface area (Å²) in [5.41, 5.74) is 1.70. The third kappa shape index (κ3) is 6.59. The highest BCUT2D eigenvalue weighted by molar-refractivity contribution is 5.98. The fourth-order valence-corrected chi connectivity index (χ4v) is 2.68. The van der Waals surface area contributed by atoms with Gasteiger partial charge >= 0.3 is 0 Å². The van der Waals surface area contributed by atoms with Gasteiger partial charge in [-0.25, -0.2) is 9.97 Å². The van der Waals surface area contributed by atoms with Crippen LogP contribution in [-0.2, 0) is 17.9 Å². The molecule has 164 valence electrons. The molecule has 0 saturated carbocycles. The van der Waals surface area contributed by atoms with Gasteiger partial charge in [0.15, 0.2) is 0 Å². The molecule has 10 nitrogen and oxygen atoms in total. The van der Waals surface area contributed by atoms with Gasteiger partial charge in [0, 0.05) is 31.5 Å². The molecule has 3 rings (SSSR count). The summed E-state index contributed by atoms with van der Waals surface area (Å²) in [5.74, 6) is -0.737. The molecule has 0 spiro atoms. The molecule has 0 radical (unpaired) electrons. The van der Waals surface area contributed by atoms with Crippen LogP contribution in [0.3, 0.4) is 0 Å². The predicted octanol–water partition coefficient (Wildman–Crippen LogP) is 0.856. The van der Waals surface area contributed by atoms with Gasteiger partial charge < -0.3 is 20.7 Å². The lowest BCUT2D eigenvalue weighted by Gasteiger charge is -2.08.